The van der Waals surface area contributed by atoms with Crippen molar-refractivity contribution in [3.63, 3.8) is 0 Å². The maximum absolute atomic E-state index is 12.2. The molecule has 0 spiro atoms. The quantitative estimate of drug-likeness (QED) is 0.917. The van der Waals surface area contributed by atoms with Gasteiger partial charge in [0, 0.05) is 11.3 Å². The summed E-state index contributed by atoms with van der Waals surface area (Å²) in [6, 6.07) is 17.0. The number of carbonyl (C=O) groups excluding carboxylic acids is 1. The van der Waals surface area contributed by atoms with Crippen LogP contribution in [0.5, 0.6) is 0 Å². The first kappa shape index (κ1) is 13.8. The molecule has 2 aromatic carbocycles. The highest BCUT2D eigenvalue weighted by Crippen LogP contribution is 2.16. The molecule has 1 N–H and O–H groups in total. The van der Waals surface area contributed by atoms with Gasteiger partial charge in [0.25, 0.3) is 5.91 Å². The number of rotatable bonds is 4. The molecule has 0 heterocycles. The van der Waals surface area contributed by atoms with E-state index in [1.54, 1.807) is 12.1 Å². The second kappa shape index (κ2) is 6.53. The third-order valence-electron chi connectivity index (χ3n) is 3.15. The van der Waals surface area contributed by atoms with Gasteiger partial charge in [-0.25, -0.2) is 0 Å². The summed E-state index contributed by atoms with van der Waals surface area (Å²) < 4.78 is 0. The van der Waals surface area contributed by atoms with Crippen molar-refractivity contribution < 1.29 is 4.79 Å². The zero-order valence-corrected chi connectivity index (χ0v) is 11.4. The molecule has 0 saturated heterocycles. The maximum Gasteiger partial charge on any atom is 0.255 e. The van der Waals surface area contributed by atoms with E-state index in [2.05, 4.69) is 18.3 Å². The lowest BCUT2D eigenvalue weighted by molar-refractivity contribution is 0.102. The Hall–Kier alpha value is -2.60. The van der Waals surface area contributed by atoms with Gasteiger partial charge in [0.15, 0.2) is 0 Å². The van der Waals surface area contributed by atoms with Crippen LogP contribution in [0.25, 0.3) is 0 Å². The fourth-order valence-corrected chi connectivity index (χ4v) is 2.01. The molecule has 20 heavy (non-hydrogen) atoms. The molecule has 0 aliphatic heterocycles. The van der Waals surface area contributed by atoms with Crippen molar-refractivity contribution in [2.75, 3.05) is 5.32 Å². The van der Waals surface area contributed by atoms with Crippen LogP contribution in [0.1, 0.15) is 28.4 Å². The third kappa shape index (κ3) is 3.24. The fourth-order valence-electron chi connectivity index (χ4n) is 2.01. The molecule has 0 aromatic heterocycles. The molecule has 0 aliphatic rings. The average molecular weight is 264 g/mol. The van der Waals surface area contributed by atoms with E-state index in [9.17, 15) is 4.79 Å². The minimum atomic E-state index is -0.130. The number of carbonyl (C=O) groups is 1. The van der Waals surface area contributed by atoms with Crippen LogP contribution in [0.3, 0.4) is 0 Å². The monoisotopic (exact) mass is 264 g/mol. The minimum Gasteiger partial charge on any atom is -0.322 e. The number of para-hydroxylation sites is 1. The highest BCUT2D eigenvalue weighted by atomic mass is 16.1. The smallest absolute Gasteiger partial charge is 0.255 e. The summed E-state index contributed by atoms with van der Waals surface area (Å²) in [5.74, 6) is -0.130. The van der Waals surface area contributed by atoms with Gasteiger partial charge in [0.2, 0.25) is 0 Å². The van der Waals surface area contributed by atoms with E-state index in [1.807, 2.05) is 36.4 Å². The zero-order chi connectivity index (χ0) is 14.4. The Morgan fingerprint density at radius 3 is 2.50 bits per heavy atom. The van der Waals surface area contributed by atoms with E-state index in [-0.39, 0.29) is 5.91 Å². The first-order chi connectivity index (χ1) is 9.74. The number of nitriles is 1. The summed E-state index contributed by atoms with van der Waals surface area (Å²) in [5.41, 5.74) is 3.47. The van der Waals surface area contributed by atoms with Gasteiger partial charge in [-0.05, 0) is 35.7 Å². The Balaban J connectivity index is 2.14. The first-order valence-electron chi connectivity index (χ1n) is 6.59. The van der Waals surface area contributed by atoms with Gasteiger partial charge in [0.05, 0.1) is 12.5 Å². The molecule has 0 aliphatic carbocycles. The highest BCUT2D eigenvalue weighted by molar-refractivity contribution is 6.04. The van der Waals surface area contributed by atoms with Crippen molar-refractivity contribution >= 4 is 11.6 Å². The number of benzene rings is 2. The molecule has 0 atom stereocenters. The number of aryl methyl sites for hydroxylation is 1. The summed E-state index contributed by atoms with van der Waals surface area (Å²) in [4.78, 5) is 12.2. The molecule has 3 heteroatoms. The Morgan fingerprint density at radius 2 is 1.85 bits per heavy atom. The molecule has 2 aromatic rings. The van der Waals surface area contributed by atoms with Crippen LogP contribution < -0.4 is 5.32 Å². The number of anilines is 1. The van der Waals surface area contributed by atoms with E-state index in [0.29, 0.717) is 12.0 Å². The molecular weight excluding hydrogens is 248 g/mol. The van der Waals surface area contributed by atoms with Crippen molar-refractivity contribution in [2.45, 2.75) is 19.8 Å². The predicted molar refractivity (Wildman–Crippen MR) is 79.5 cm³/mol. The molecular formula is C17H16N2O. The normalized spacial score (nSPS) is 9.80. The number of amides is 1. The van der Waals surface area contributed by atoms with Crippen molar-refractivity contribution in [3.8, 4) is 6.07 Å². The second-order valence-electron chi connectivity index (χ2n) is 4.50. The highest BCUT2D eigenvalue weighted by Gasteiger charge is 2.08. The van der Waals surface area contributed by atoms with E-state index in [0.717, 1.165) is 23.2 Å². The predicted octanol–water partition coefficient (Wildman–Crippen LogP) is 3.57. The lowest BCUT2D eigenvalue weighted by atomic mass is 10.1. The number of hydrogen-bond acceptors (Lipinski definition) is 2. The SMILES string of the molecule is CCc1ccccc1NC(=O)c1ccc(CC#N)cc1. The van der Waals surface area contributed by atoms with Crippen LogP contribution in [0.2, 0.25) is 0 Å². The van der Waals surface area contributed by atoms with Crippen LogP contribution in [0.15, 0.2) is 48.5 Å². The summed E-state index contributed by atoms with van der Waals surface area (Å²) in [7, 11) is 0. The van der Waals surface area contributed by atoms with Crippen LogP contribution in [0, 0.1) is 11.3 Å². The minimum absolute atomic E-state index is 0.130. The number of nitrogens with zero attached hydrogens (tertiary/aromatic N) is 1. The van der Waals surface area contributed by atoms with Gasteiger partial charge in [-0.1, -0.05) is 37.3 Å². The van der Waals surface area contributed by atoms with Crippen molar-refractivity contribution in [1.82, 2.24) is 0 Å². The van der Waals surface area contributed by atoms with Crippen molar-refractivity contribution in [2.24, 2.45) is 0 Å². The molecule has 0 fully saturated rings. The van der Waals surface area contributed by atoms with Crippen LogP contribution in [-0.4, -0.2) is 5.91 Å². The van der Waals surface area contributed by atoms with E-state index in [1.165, 1.54) is 0 Å². The average Bonchev–Trinajstić information content (AvgIpc) is 2.49. The van der Waals surface area contributed by atoms with Gasteiger partial charge in [-0.15, -0.1) is 0 Å². The van der Waals surface area contributed by atoms with Crippen LogP contribution >= 0.6 is 0 Å². The van der Waals surface area contributed by atoms with E-state index >= 15 is 0 Å². The van der Waals surface area contributed by atoms with Crippen LogP contribution in [0.4, 0.5) is 5.69 Å². The molecule has 1 amide bonds. The largest absolute Gasteiger partial charge is 0.322 e. The lowest BCUT2D eigenvalue weighted by Gasteiger charge is -2.09. The van der Waals surface area contributed by atoms with E-state index < -0.39 is 0 Å². The molecule has 0 radical (unpaired) electrons. The number of nitrogens with one attached hydrogen (secondary N) is 1. The maximum atomic E-state index is 12.2. The molecule has 100 valence electrons. The van der Waals surface area contributed by atoms with Gasteiger partial charge in [-0.2, -0.15) is 5.26 Å². The zero-order valence-electron chi connectivity index (χ0n) is 11.4. The second-order valence-corrected chi connectivity index (χ2v) is 4.50. The third-order valence-corrected chi connectivity index (χ3v) is 3.15. The Kier molecular flexibility index (Phi) is 4.52. The summed E-state index contributed by atoms with van der Waals surface area (Å²) >= 11 is 0. The van der Waals surface area contributed by atoms with Gasteiger partial charge in [0.1, 0.15) is 0 Å². The fraction of sp³-hybridized carbons (Fsp3) is 0.176. The van der Waals surface area contributed by atoms with Crippen molar-refractivity contribution in [3.05, 3.63) is 65.2 Å². The molecule has 3 nitrogen and oxygen atoms in total. The first-order valence-corrected chi connectivity index (χ1v) is 6.59. The summed E-state index contributed by atoms with van der Waals surface area (Å²) in [6.45, 7) is 2.06. The molecule has 0 bridgehead atoms. The van der Waals surface area contributed by atoms with Gasteiger partial charge < -0.3 is 5.32 Å². The lowest BCUT2D eigenvalue weighted by Crippen LogP contribution is -2.13. The summed E-state index contributed by atoms with van der Waals surface area (Å²) in [6.07, 6.45) is 1.23. The van der Waals surface area contributed by atoms with E-state index in [4.69, 9.17) is 5.26 Å². The Morgan fingerprint density at radius 1 is 1.15 bits per heavy atom. The van der Waals surface area contributed by atoms with Gasteiger partial charge >= 0.3 is 0 Å². The van der Waals surface area contributed by atoms with Crippen molar-refractivity contribution in [1.29, 1.82) is 5.26 Å². The summed E-state index contributed by atoms with van der Waals surface area (Å²) in [5, 5.41) is 11.5. The molecule has 0 saturated carbocycles. The standard InChI is InChI=1S/C17H16N2O/c1-2-14-5-3-4-6-16(14)19-17(20)15-9-7-13(8-10-15)11-12-18/h3-10H,2,11H2,1H3,(H,19,20). The number of hydrogen-bond donors (Lipinski definition) is 1. The molecule has 2 rings (SSSR count). The molecule has 0 unspecified atom stereocenters. The van der Waals surface area contributed by atoms with Crippen LogP contribution in [-0.2, 0) is 12.8 Å². The Bertz CT molecular complexity index is 639. The Labute approximate surface area is 118 Å². The van der Waals surface area contributed by atoms with Gasteiger partial charge in [-0.3, -0.25) is 4.79 Å². The topological polar surface area (TPSA) is 52.9 Å².